The molecule has 0 unspecified atom stereocenters. The number of rotatable bonds is 5. The number of carboxylic acids is 1. The van der Waals surface area contributed by atoms with E-state index in [1.54, 1.807) is 47.1 Å². The number of nitrogens with zero attached hydrogens (tertiary/aromatic N) is 3. The van der Waals surface area contributed by atoms with Crippen molar-refractivity contribution in [2.45, 2.75) is 26.8 Å². The number of anilines is 1. The third-order valence-electron chi connectivity index (χ3n) is 5.69. The molecule has 5 aromatic rings. The predicted octanol–water partition coefficient (Wildman–Crippen LogP) is 4.99. The van der Waals surface area contributed by atoms with Gasteiger partial charge in [-0.1, -0.05) is 18.2 Å². The summed E-state index contributed by atoms with van der Waals surface area (Å²) in [5.41, 5.74) is 4.60. The van der Waals surface area contributed by atoms with Crippen LogP contribution in [-0.4, -0.2) is 25.7 Å². The van der Waals surface area contributed by atoms with E-state index < -0.39 is 5.97 Å². The van der Waals surface area contributed by atoms with Gasteiger partial charge in [-0.15, -0.1) is 0 Å². The fraction of sp³-hybridized carbons (Fsp3) is 0.154. The number of aromatic carboxylic acids is 1. The third-order valence-corrected chi connectivity index (χ3v) is 5.69. The van der Waals surface area contributed by atoms with Gasteiger partial charge in [0.2, 0.25) is 0 Å². The molecule has 1 atom stereocenters. The van der Waals surface area contributed by atoms with Crippen molar-refractivity contribution in [3.8, 4) is 11.5 Å². The number of aryl methyl sites for hydroxylation is 2. The van der Waals surface area contributed by atoms with Gasteiger partial charge < -0.3 is 14.8 Å². The number of carbonyl (C=O) groups is 1. The van der Waals surface area contributed by atoms with Crippen molar-refractivity contribution in [2.24, 2.45) is 0 Å². The lowest BCUT2D eigenvalue weighted by Gasteiger charge is -2.19. The normalized spacial score (nSPS) is 12.2. The number of imidazole rings is 1. The van der Waals surface area contributed by atoms with Gasteiger partial charge in [0, 0.05) is 17.3 Å². The molecule has 0 aliphatic heterocycles. The standard InChI is InChI=1S/C26H22N4O4/c1-14-10-18(16(3)28-20-7-5-4-6-17(20)26(32)33)25-19(11-14)22(31)12-23(34-25)21-8-9-24-27-15(2)13-30(24)29-21/h4-13,16,28H,1-3H3,(H,32,33)/t16-/m1/s1. The molecule has 170 valence electrons. The van der Waals surface area contributed by atoms with Gasteiger partial charge in [-0.2, -0.15) is 5.10 Å². The minimum atomic E-state index is -1.02. The summed E-state index contributed by atoms with van der Waals surface area (Å²) in [5, 5.41) is 17.8. The van der Waals surface area contributed by atoms with E-state index in [1.165, 1.54) is 6.07 Å². The van der Waals surface area contributed by atoms with Crippen LogP contribution in [0.15, 0.2) is 70.0 Å². The first kappa shape index (κ1) is 21.4. The van der Waals surface area contributed by atoms with Crippen LogP contribution in [0.3, 0.4) is 0 Å². The molecular formula is C26H22N4O4. The lowest BCUT2D eigenvalue weighted by Crippen LogP contribution is -2.12. The van der Waals surface area contributed by atoms with E-state index in [1.807, 2.05) is 32.9 Å². The molecule has 2 aromatic carbocycles. The van der Waals surface area contributed by atoms with Gasteiger partial charge in [0.05, 0.1) is 28.9 Å². The summed E-state index contributed by atoms with van der Waals surface area (Å²) in [5.74, 6) is -0.677. The summed E-state index contributed by atoms with van der Waals surface area (Å²) in [6.07, 6.45) is 1.80. The highest BCUT2D eigenvalue weighted by atomic mass is 16.4. The van der Waals surface area contributed by atoms with Gasteiger partial charge in [-0.3, -0.25) is 4.79 Å². The summed E-state index contributed by atoms with van der Waals surface area (Å²) in [4.78, 5) is 29.1. The first-order valence-corrected chi connectivity index (χ1v) is 10.8. The summed E-state index contributed by atoms with van der Waals surface area (Å²) in [6, 6.07) is 15.1. The van der Waals surface area contributed by atoms with E-state index in [0.29, 0.717) is 33.8 Å². The second-order valence-electron chi connectivity index (χ2n) is 8.33. The zero-order chi connectivity index (χ0) is 24.0. The van der Waals surface area contributed by atoms with E-state index in [-0.39, 0.29) is 17.0 Å². The Balaban J connectivity index is 1.64. The van der Waals surface area contributed by atoms with Crippen LogP contribution < -0.4 is 10.7 Å². The van der Waals surface area contributed by atoms with Crippen LogP contribution in [0.2, 0.25) is 0 Å². The molecule has 3 aromatic heterocycles. The van der Waals surface area contributed by atoms with E-state index in [0.717, 1.165) is 16.8 Å². The van der Waals surface area contributed by atoms with Crippen molar-refractivity contribution in [1.82, 2.24) is 14.6 Å². The molecule has 34 heavy (non-hydrogen) atoms. The second-order valence-corrected chi connectivity index (χ2v) is 8.33. The fourth-order valence-electron chi connectivity index (χ4n) is 4.12. The molecule has 0 spiro atoms. The Labute approximate surface area is 194 Å². The maximum absolute atomic E-state index is 13.1. The molecule has 8 heteroatoms. The number of fused-ring (bicyclic) bond motifs is 2. The van der Waals surface area contributed by atoms with Gasteiger partial charge in [0.15, 0.2) is 16.8 Å². The van der Waals surface area contributed by atoms with Crippen molar-refractivity contribution in [3.63, 3.8) is 0 Å². The Morgan fingerprint density at radius 2 is 1.91 bits per heavy atom. The van der Waals surface area contributed by atoms with Crippen molar-refractivity contribution >= 4 is 28.3 Å². The van der Waals surface area contributed by atoms with Crippen LogP contribution in [-0.2, 0) is 0 Å². The smallest absolute Gasteiger partial charge is 0.337 e. The molecule has 0 bridgehead atoms. The number of nitrogens with one attached hydrogen (secondary N) is 1. The maximum atomic E-state index is 13.1. The fourth-order valence-corrected chi connectivity index (χ4v) is 4.12. The first-order valence-electron chi connectivity index (χ1n) is 10.8. The maximum Gasteiger partial charge on any atom is 0.337 e. The quantitative estimate of drug-likeness (QED) is 0.385. The van der Waals surface area contributed by atoms with Gasteiger partial charge in [-0.25, -0.2) is 14.3 Å². The number of benzene rings is 2. The highest BCUT2D eigenvalue weighted by Crippen LogP contribution is 2.31. The Hall–Kier alpha value is -4.46. The molecule has 0 saturated carbocycles. The van der Waals surface area contributed by atoms with Gasteiger partial charge in [-0.05, 0) is 56.7 Å². The summed E-state index contributed by atoms with van der Waals surface area (Å²) < 4.78 is 7.91. The van der Waals surface area contributed by atoms with E-state index in [4.69, 9.17) is 4.42 Å². The van der Waals surface area contributed by atoms with Crippen LogP contribution >= 0.6 is 0 Å². The average Bonchev–Trinajstić information content (AvgIpc) is 3.18. The molecule has 0 aliphatic carbocycles. The van der Waals surface area contributed by atoms with Crippen LogP contribution in [0.25, 0.3) is 28.1 Å². The van der Waals surface area contributed by atoms with Crippen LogP contribution in [0.1, 0.15) is 40.1 Å². The van der Waals surface area contributed by atoms with Crippen LogP contribution in [0, 0.1) is 13.8 Å². The van der Waals surface area contributed by atoms with E-state index in [9.17, 15) is 14.7 Å². The highest BCUT2D eigenvalue weighted by Gasteiger charge is 2.19. The van der Waals surface area contributed by atoms with Gasteiger partial charge in [0.25, 0.3) is 0 Å². The topological polar surface area (TPSA) is 110 Å². The minimum absolute atomic E-state index is 0.168. The molecule has 8 nitrogen and oxygen atoms in total. The predicted molar refractivity (Wildman–Crippen MR) is 129 cm³/mol. The Morgan fingerprint density at radius 3 is 2.71 bits per heavy atom. The third kappa shape index (κ3) is 3.79. The summed E-state index contributed by atoms with van der Waals surface area (Å²) in [7, 11) is 0. The SMILES string of the molecule is Cc1cc([C@@H](C)Nc2ccccc2C(=O)O)c2oc(-c3ccc4nc(C)cn4n3)cc(=O)c2c1. The lowest BCUT2D eigenvalue weighted by molar-refractivity contribution is 0.0698. The van der Waals surface area contributed by atoms with E-state index >= 15 is 0 Å². The van der Waals surface area contributed by atoms with Crippen molar-refractivity contribution in [1.29, 1.82) is 0 Å². The molecule has 0 saturated heterocycles. The monoisotopic (exact) mass is 454 g/mol. The Kier molecular flexibility index (Phi) is 5.13. The second kappa shape index (κ2) is 8.15. The van der Waals surface area contributed by atoms with Crippen molar-refractivity contribution in [2.75, 3.05) is 5.32 Å². The van der Waals surface area contributed by atoms with E-state index in [2.05, 4.69) is 15.4 Å². The average molecular weight is 454 g/mol. The molecule has 0 radical (unpaired) electrons. The number of hydrogen-bond acceptors (Lipinski definition) is 6. The first-order chi connectivity index (χ1) is 16.3. The zero-order valence-corrected chi connectivity index (χ0v) is 18.9. The van der Waals surface area contributed by atoms with Gasteiger partial charge in [0.1, 0.15) is 11.3 Å². The summed E-state index contributed by atoms with van der Waals surface area (Å²) >= 11 is 0. The number of para-hydroxylation sites is 1. The lowest BCUT2D eigenvalue weighted by atomic mass is 10.0. The molecule has 0 fully saturated rings. The number of hydrogen-bond donors (Lipinski definition) is 2. The largest absolute Gasteiger partial charge is 0.478 e. The summed E-state index contributed by atoms with van der Waals surface area (Å²) in [6.45, 7) is 5.69. The molecule has 3 heterocycles. The van der Waals surface area contributed by atoms with Crippen molar-refractivity contribution < 1.29 is 14.3 Å². The Bertz CT molecular complexity index is 1630. The van der Waals surface area contributed by atoms with Crippen LogP contribution in [0.4, 0.5) is 5.69 Å². The molecule has 0 aliphatic rings. The molecule has 2 N–H and O–H groups in total. The zero-order valence-electron chi connectivity index (χ0n) is 18.9. The molecule has 5 rings (SSSR count). The molecular weight excluding hydrogens is 432 g/mol. The Morgan fingerprint density at radius 1 is 1.12 bits per heavy atom. The van der Waals surface area contributed by atoms with Gasteiger partial charge >= 0.3 is 5.97 Å². The number of aromatic nitrogens is 3. The number of carboxylic acid groups (broad SMARTS) is 1. The molecule has 0 amide bonds. The van der Waals surface area contributed by atoms with Crippen molar-refractivity contribution in [3.05, 3.63) is 93.4 Å². The van der Waals surface area contributed by atoms with Crippen LogP contribution in [0.5, 0.6) is 0 Å². The highest BCUT2D eigenvalue weighted by molar-refractivity contribution is 5.94. The minimum Gasteiger partial charge on any atom is -0.478 e.